The predicted molar refractivity (Wildman–Crippen MR) is 93.7 cm³/mol. The molecule has 4 rings (SSSR count). The number of rotatable bonds is 2. The number of ketones is 1. The van der Waals surface area contributed by atoms with E-state index in [0.29, 0.717) is 36.2 Å². The topological polar surface area (TPSA) is 118 Å². The lowest BCUT2D eigenvalue weighted by atomic mass is 9.78. The Bertz CT molecular complexity index is 1100. The van der Waals surface area contributed by atoms with E-state index in [0.717, 1.165) is 0 Å². The number of nitrogens with one attached hydrogen (secondary N) is 2. The summed E-state index contributed by atoms with van der Waals surface area (Å²) in [6.07, 6.45) is 1.56. The Balaban J connectivity index is 2.01. The first-order valence-electron chi connectivity index (χ1n) is 8.00. The SMILES string of the molecule is O=C1CCCC2=C1C(c1cccc([N+](=O)[O-])c1)c1c([nH]c(=S)[nH]c1=O)O2. The van der Waals surface area contributed by atoms with E-state index in [1.54, 1.807) is 6.07 Å². The average Bonchev–Trinajstić information content (AvgIpc) is 2.60. The highest BCUT2D eigenvalue weighted by atomic mass is 32.1. The summed E-state index contributed by atoms with van der Waals surface area (Å²) in [7, 11) is 0. The molecule has 0 radical (unpaired) electrons. The normalized spacial score (nSPS) is 18.8. The molecule has 1 unspecified atom stereocenters. The number of Topliss-reactive ketones (excluding diaryl/α,β-unsaturated/α-hetero) is 1. The molecule has 9 heteroatoms. The maximum Gasteiger partial charge on any atom is 0.269 e. The lowest BCUT2D eigenvalue weighted by Crippen LogP contribution is -2.31. The summed E-state index contributed by atoms with van der Waals surface area (Å²) in [6.45, 7) is 0. The Morgan fingerprint density at radius 2 is 2.04 bits per heavy atom. The fraction of sp³-hybridized carbons (Fsp3) is 0.235. The van der Waals surface area contributed by atoms with Gasteiger partial charge in [-0.2, -0.15) is 0 Å². The Morgan fingerprint density at radius 1 is 1.23 bits per heavy atom. The monoisotopic (exact) mass is 371 g/mol. The Hall–Kier alpha value is -3.07. The van der Waals surface area contributed by atoms with Crippen LogP contribution in [0.2, 0.25) is 0 Å². The summed E-state index contributed by atoms with van der Waals surface area (Å²) in [5.41, 5.74) is 0.488. The number of aromatic nitrogens is 2. The molecule has 0 amide bonds. The van der Waals surface area contributed by atoms with Gasteiger partial charge in [0.25, 0.3) is 11.2 Å². The molecule has 0 saturated carbocycles. The summed E-state index contributed by atoms with van der Waals surface area (Å²) in [6, 6.07) is 5.95. The van der Waals surface area contributed by atoms with Crippen molar-refractivity contribution in [1.29, 1.82) is 0 Å². The minimum Gasteiger partial charge on any atom is -0.444 e. The second kappa shape index (κ2) is 6.03. The summed E-state index contributed by atoms with van der Waals surface area (Å²) < 4.78 is 5.89. The van der Waals surface area contributed by atoms with Gasteiger partial charge in [-0.25, -0.2) is 0 Å². The van der Waals surface area contributed by atoms with Crippen molar-refractivity contribution in [3.63, 3.8) is 0 Å². The summed E-state index contributed by atoms with van der Waals surface area (Å²) in [5, 5.41) is 11.2. The van der Waals surface area contributed by atoms with Crippen molar-refractivity contribution in [3.05, 3.63) is 72.0 Å². The largest absolute Gasteiger partial charge is 0.444 e. The maximum atomic E-state index is 12.6. The van der Waals surface area contributed by atoms with Crippen LogP contribution in [0.5, 0.6) is 5.88 Å². The first-order valence-corrected chi connectivity index (χ1v) is 8.41. The molecule has 26 heavy (non-hydrogen) atoms. The van der Waals surface area contributed by atoms with Gasteiger partial charge in [0, 0.05) is 30.5 Å². The van der Waals surface area contributed by atoms with E-state index in [1.807, 2.05) is 0 Å². The number of nitrogens with zero attached hydrogens (tertiary/aromatic N) is 1. The standard InChI is InChI=1S/C17H13N3O5S/c21-10-5-2-6-11-13(10)12(8-3-1-4-9(7-8)20(23)24)14-15(22)18-17(26)19-16(14)25-11/h1,3-4,7,12H,2,5-6H2,(H2,18,19,22,26). The molecule has 8 nitrogen and oxygen atoms in total. The van der Waals surface area contributed by atoms with Crippen LogP contribution in [0, 0.1) is 14.9 Å². The minimum atomic E-state index is -0.739. The molecular weight excluding hydrogens is 358 g/mol. The van der Waals surface area contributed by atoms with Crippen molar-refractivity contribution in [2.45, 2.75) is 25.2 Å². The molecule has 2 N–H and O–H groups in total. The number of hydrogen-bond donors (Lipinski definition) is 2. The van der Waals surface area contributed by atoms with Crippen molar-refractivity contribution in [2.75, 3.05) is 0 Å². The number of carbonyl (C=O) groups is 1. The average molecular weight is 371 g/mol. The first-order chi connectivity index (χ1) is 12.5. The van der Waals surface area contributed by atoms with Crippen LogP contribution in [0.3, 0.4) is 0 Å². The van der Waals surface area contributed by atoms with Crippen molar-refractivity contribution in [3.8, 4) is 5.88 Å². The van der Waals surface area contributed by atoms with Crippen LogP contribution in [0.15, 0.2) is 40.4 Å². The molecular formula is C17H13N3O5S. The number of hydrogen-bond acceptors (Lipinski definition) is 6. The number of carbonyl (C=O) groups excluding carboxylic acids is 1. The third-order valence-electron chi connectivity index (χ3n) is 4.57. The zero-order valence-corrected chi connectivity index (χ0v) is 14.2. The third-order valence-corrected chi connectivity index (χ3v) is 4.77. The van der Waals surface area contributed by atoms with Gasteiger partial charge < -0.3 is 9.72 Å². The number of allylic oxidation sites excluding steroid dienone is 2. The molecule has 0 spiro atoms. The quantitative estimate of drug-likeness (QED) is 0.476. The number of fused-ring (bicyclic) bond motifs is 1. The van der Waals surface area contributed by atoms with Crippen LogP contribution in [-0.2, 0) is 4.79 Å². The van der Waals surface area contributed by atoms with Gasteiger partial charge in [-0.3, -0.25) is 24.7 Å². The second-order valence-corrected chi connectivity index (χ2v) is 6.56. The molecule has 2 heterocycles. The van der Waals surface area contributed by atoms with E-state index in [2.05, 4.69) is 9.97 Å². The lowest BCUT2D eigenvalue weighted by molar-refractivity contribution is -0.384. The number of nitro benzene ring substituents is 1. The summed E-state index contributed by atoms with van der Waals surface area (Å²) >= 11 is 5.00. The van der Waals surface area contributed by atoms with Crippen molar-refractivity contribution in [1.82, 2.24) is 9.97 Å². The molecule has 2 aliphatic rings. The molecule has 0 fully saturated rings. The van der Waals surface area contributed by atoms with E-state index in [9.17, 15) is 19.7 Å². The molecule has 1 aliphatic heterocycles. The maximum absolute atomic E-state index is 12.6. The van der Waals surface area contributed by atoms with Gasteiger partial charge in [0.15, 0.2) is 10.6 Å². The molecule has 1 aromatic heterocycles. The van der Waals surface area contributed by atoms with Crippen LogP contribution in [0.1, 0.15) is 36.3 Å². The zero-order valence-electron chi connectivity index (χ0n) is 13.4. The van der Waals surface area contributed by atoms with Gasteiger partial charge >= 0.3 is 0 Å². The smallest absolute Gasteiger partial charge is 0.269 e. The molecule has 0 saturated heterocycles. The molecule has 132 valence electrons. The molecule has 2 aromatic rings. The van der Waals surface area contributed by atoms with E-state index < -0.39 is 16.4 Å². The Morgan fingerprint density at radius 3 is 2.81 bits per heavy atom. The highest BCUT2D eigenvalue weighted by Crippen LogP contribution is 2.44. The third kappa shape index (κ3) is 2.57. The van der Waals surface area contributed by atoms with E-state index in [1.165, 1.54) is 18.2 Å². The number of H-pyrrole nitrogens is 2. The van der Waals surface area contributed by atoms with Crippen LogP contribution in [-0.4, -0.2) is 20.7 Å². The van der Waals surface area contributed by atoms with Crippen molar-refractivity contribution >= 4 is 23.7 Å². The Labute approximate surface area is 151 Å². The highest BCUT2D eigenvalue weighted by molar-refractivity contribution is 7.71. The summed E-state index contributed by atoms with van der Waals surface area (Å²) in [4.78, 5) is 41.1. The molecule has 0 bridgehead atoms. The van der Waals surface area contributed by atoms with Crippen LogP contribution in [0.25, 0.3) is 0 Å². The predicted octanol–water partition coefficient (Wildman–Crippen LogP) is 2.87. The molecule has 1 aromatic carbocycles. The van der Waals surface area contributed by atoms with E-state index in [4.69, 9.17) is 17.0 Å². The summed E-state index contributed by atoms with van der Waals surface area (Å²) in [5.74, 6) is -0.183. The van der Waals surface area contributed by atoms with Gasteiger partial charge in [-0.1, -0.05) is 12.1 Å². The van der Waals surface area contributed by atoms with Gasteiger partial charge in [-0.05, 0) is 24.2 Å². The van der Waals surface area contributed by atoms with Crippen LogP contribution in [0.4, 0.5) is 5.69 Å². The van der Waals surface area contributed by atoms with E-state index >= 15 is 0 Å². The second-order valence-electron chi connectivity index (χ2n) is 6.15. The fourth-order valence-electron chi connectivity index (χ4n) is 3.50. The van der Waals surface area contributed by atoms with Gasteiger partial charge in [0.05, 0.1) is 16.4 Å². The van der Waals surface area contributed by atoms with Crippen molar-refractivity contribution < 1.29 is 14.5 Å². The van der Waals surface area contributed by atoms with Crippen molar-refractivity contribution in [2.24, 2.45) is 0 Å². The lowest BCUT2D eigenvalue weighted by Gasteiger charge is -2.31. The van der Waals surface area contributed by atoms with Crippen LogP contribution < -0.4 is 10.3 Å². The van der Waals surface area contributed by atoms with Gasteiger partial charge in [0.2, 0.25) is 5.88 Å². The molecule has 1 atom stereocenters. The minimum absolute atomic E-state index is 0.109. The van der Waals surface area contributed by atoms with Gasteiger partial charge in [-0.15, -0.1) is 0 Å². The Kier molecular flexibility index (Phi) is 3.80. The first kappa shape index (κ1) is 16.4. The van der Waals surface area contributed by atoms with Crippen LogP contribution >= 0.6 is 12.2 Å². The number of nitro groups is 1. The van der Waals surface area contributed by atoms with E-state index in [-0.39, 0.29) is 27.7 Å². The number of benzene rings is 1. The molecule has 1 aliphatic carbocycles. The van der Waals surface area contributed by atoms with Gasteiger partial charge in [0.1, 0.15) is 5.76 Å². The highest BCUT2D eigenvalue weighted by Gasteiger charge is 2.39. The number of aromatic amines is 2. The number of non-ortho nitro benzene ring substituents is 1. The number of ether oxygens (including phenoxy) is 1. The fourth-order valence-corrected chi connectivity index (χ4v) is 3.68. The zero-order chi connectivity index (χ0) is 18.4.